The summed E-state index contributed by atoms with van der Waals surface area (Å²) in [6, 6.07) is 0.152. The molecule has 0 spiro atoms. The maximum Gasteiger partial charge on any atom is 0.240 e. The number of nitrogens with zero attached hydrogens (tertiary/aromatic N) is 1. The lowest BCUT2D eigenvalue weighted by Crippen LogP contribution is -2.48. The summed E-state index contributed by atoms with van der Waals surface area (Å²) in [5, 5.41) is 2.40. The smallest absolute Gasteiger partial charge is 0.240 e. The van der Waals surface area contributed by atoms with E-state index in [0.29, 0.717) is 12.8 Å². The zero-order valence-corrected chi connectivity index (χ0v) is 11.0. The molecule has 0 aromatic heterocycles. The molecule has 2 heterocycles. The molecule has 2 unspecified atom stereocenters. The lowest BCUT2D eigenvalue weighted by Gasteiger charge is -2.30. The molecule has 2 rings (SSSR count). The van der Waals surface area contributed by atoms with Gasteiger partial charge in [0, 0.05) is 19.6 Å². The van der Waals surface area contributed by atoms with Crippen LogP contribution in [0.3, 0.4) is 0 Å². The van der Waals surface area contributed by atoms with E-state index < -0.39 is 15.1 Å². The first-order valence-electron chi connectivity index (χ1n) is 6.21. The molecule has 1 amide bonds. The minimum absolute atomic E-state index is 0.152. The fourth-order valence-corrected chi connectivity index (χ4v) is 4.50. The highest BCUT2D eigenvalue weighted by Gasteiger charge is 2.38. The third kappa shape index (κ3) is 2.63. The molecule has 0 radical (unpaired) electrons. The highest BCUT2D eigenvalue weighted by molar-refractivity contribution is 7.92. The Labute approximate surface area is 102 Å². The van der Waals surface area contributed by atoms with E-state index in [1.165, 1.54) is 0 Å². The summed E-state index contributed by atoms with van der Waals surface area (Å²) in [5.74, 6) is -0.0430. The van der Waals surface area contributed by atoms with Crippen LogP contribution in [0.25, 0.3) is 0 Å². The Balaban J connectivity index is 2.07. The molecule has 2 aliphatic rings. The first kappa shape index (κ1) is 12.8. The Bertz CT molecular complexity index is 388. The Morgan fingerprint density at radius 1 is 1.29 bits per heavy atom. The molecule has 2 fully saturated rings. The molecule has 0 aromatic rings. The summed E-state index contributed by atoms with van der Waals surface area (Å²) in [4.78, 5) is 13.9. The molecule has 1 N–H and O–H groups in total. The lowest BCUT2D eigenvalue weighted by atomic mass is 10.1. The Morgan fingerprint density at radius 2 is 2.06 bits per heavy atom. The summed E-state index contributed by atoms with van der Waals surface area (Å²) in [5.41, 5.74) is 0. The number of hydrogen-bond acceptors (Lipinski definition) is 4. The van der Waals surface area contributed by atoms with E-state index >= 15 is 0 Å². The van der Waals surface area contributed by atoms with Crippen molar-refractivity contribution in [3.63, 3.8) is 0 Å². The molecule has 0 bridgehead atoms. The summed E-state index contributed by atoms with van der Waals surface area (Å²) in [7, 11) is -1.48. The van der Waals surface area contributed by atoms with Crippen molar-refractivity contribution in [2.75, 3.05) is 25.9 Å². The van der Waals surface area contributed by atoms with Gasteiger partial charge >= 0.3 is 0 Å². The highest BCUT2D eigenvalue weighted by atomic mass is 32.2. The van der Waals surface area contributed by atoms with Gasteiger partial charge in [-0.3, -0.25) is 4.79 Å². The van der Waals surface area contributed by atoms with Crippen molar-refractivity contribution in [3.05, 3.63) is 0 Å². The molecular formula is C11H20N2O3S. The molecule has 5 nitrogen and oxygen atoms in total. The molecule has 2 atom stereocenters. The number of rotatable bonds is 2. The van der Waals surface area contributed by atoms with Crippen LogP contribution in [0.1, 0.15) is 25.7 Å². The lowest BCUT2D eigenvalue weighted by molar-refractivity contribution is -0.131. The van der Waals surface area contributed by atoms with E-state index in [4.69, 9.17) is 0 Å². The van der Waals surface area contributed by atoms with Gasteiger partial charge in [0.2, 0.25) is 5.91 Å². The van der Waals surface area contributed by atoms with Gasteiger partial charge in [0.15, 0.2) is 9.84 Å². The number of hydrogen-bond donors (Lipinski definition) is 1. The van der Waals surface area contributed by atoms with E-state index in [-0.39, 0.29) is 17.7 Å². The maximum atomic E-state index is 12.2. The van der Waals surface area contributed by atoms with Crippen LogP contribution in [0.4, 0.5) is 0 Å². The van der Waals surface area contributed by atoms with Gasteiger partial charge in [0.25, 0.3) is 0 Å². The van der Waals surface area contributed by atoms with Gasteiger partial charge in [-0.15, -0.1) is 0 Å². The monoisotopic (exact) mass is 260 g/mol. The van der Waals surface area contributed by atoms with Crippen LogP contribution in [0.5, 0.6) is 0 Å². The van der Waals surface area contributed by atoms with Crippen molar-refractivity contribution in [2.24, 2.45) is 0 Å². The molecule has 0 aliphatic carbocycles. The molecule has 2 aliphatic heterocycles. The van der Waals surface area contributed by atoms with Gasteiger partial charge < -0.3 is 10.2 Å². The molecular weight excluding hydrogens is 240 g/mol. The number of carbonyl (C=O) groups is 1. The van der Waals surface area contributed by atoms with Crippen molar-refractivity contribution in [2.45, 2.75) is 37.0 Å². The quantitative estimate of drug-likeness (QED) is 0.745. The second-order valence-corrected chi connectivity index (χ2v) is 7.25. The van der Waals surface area contributed by atoms with Gasteiger partial charge in [-0.2, -0.15) is 0 Å². The van der Waals surface area contributed by atoms with E-state index in [9.17, 15) is 13.2 Å². The predicted molar refractivity (Wildman–Crippen MR) is 65.5 cm³/mol. The van der Waals surface area contributed by atoms with Crippen LogP contribution >= 0.6 is 0 Å². The van der Waals surface area contributed by atoms with Crippen molar-refractivity contribution in [1.82, 2.24) is 10.2 Å². The number of likely N-dealkylation sites (N-methyl/N-ethyl adjacent to an activating group) is 1. The van der Waals surface area contributed by atoms with Crippen molar-refractivity contribution >= 4 is 15.7 Å². The number of nitrogens with one attached hydrogen (secondary N) is 1. The second-order valence-electron chi connectivity index (χ2n) is 4.95. The van der Waals surface area contributed by atoms with Crippen LogP contribution in [0, 0.1) is 0 Å². The number of sulfone groups is 1. The van der Waals surface area contributed by atoms with Crippen molar-refractivity contribution in [1.29, 1.82) is 0 Å². The fourth-order valence-electron chi connectivity index (χ4n) is 2.61. The summed E-state index contributed by atoms with van der Waals surface area (Å²) in [6.45, 7) is 1.68. The Hall–Kier alpha value is -0.620. The van der Waals surface area contributed by atoms with E-state index in [1.54, 1.807) is 11.9 Å². The molecule has 6 heteroatoms. The standard InChI is InChI=1S/C11H20N2O3S/c1-13(9-5-6-12-8-9)11(14)10-4-2-3-7-17(10,15)16/h9-10,12H,2-8H2,1H3. The predicted octanol–water partition coefficient (Wildman–Crippen LogP) is -0.226. The van der Waals surface area contributed by atoms with Gasteiger partial charge in [-0.05, 0) is 25.8 Å². The maximum absolute atomic E-state index is 12.2. The van der Waals surface area contributed by atoms with Crippen LogP contribution in [-0.4, -0.2) is 56.4 Å². The Kier molecular flexibility index (Phi) is 3.73. The molecule has 17 heavy (non-hydrogen) atoms. The zero-order valence-electron chi connectivity index (χ0n) is 10.2. The van der Waals surface area contributed by atoms with Crippen LogP contribution in [-0.2, 0) is 14.6 Å². The average Bonchev–Trinajstić information content (AvgIpc) is 2.80. The van der Waals surface area contributed by atoms with Crippen LogP contribution in [0.2, 0.25) is 0 Å². The average molecular weight is 260 g/mol. The summed E-state index contributed by atoms with van der Waals surface area (Å²) in [6.07, 6.45) is 2.94. The second kappa shape index (κ2) is 4.94. The summed E-state index contributed by atoms with van der Waals surface area (Å²) < 4.78 is 23.8. The van der Waals surface area contributed by atoms with Gasteiger partial charge in [0.05, 0.1) is 5.75 Å². The molecule has 0 aromatic carbocycles. The minimum Gasteiger partial charge on any atom is -0.340 e. The van der Waals surface area contributed by atoms with Crippen molar-refractivity contribution < 1.29 is 13.2 Å². The van der Waals surface area contributed by atoms with Gasteiger partial charge in [-0.25, -0.2) is 8.42 Å². The van der Waals surface area contributed by atoms with E-state index in [2.05, 4.69) is 5.32 Å². The minimum atomic E-state index is -3.21. The van der Waals surface area contributed by atoms with Gasteiger partial charge in [-0.1, -0.05) is 6.42 Å². The van der Waals surface area contributed by atoms with Crippen LogP contribution in [0.15, 0.2) is 0 Å². The Morgan fingerprint density at radius 3 is 2.65 bits per heavy atom. The van der Waals surface area contributed by atoms with E-state index in [1.807, 2.05) is 0 Å². The largest absolute Gasteiger partial charge is 0.340 e. The van der Waals surface area contributed by atoms with Crippen LogP contribution < -0.4 is 5.32 Å². The molecule has 2 saturated heterocycles. The zero-order chi connectivity index (χ0) is 12.5. The third-order valence-corrected chi connectivity index (χ3v) is 5.95. The highest BCUT2D eigenvalue weighted by Crippen LogP contribution is 2.22. The fraction of sp³-hybridized carbons (Fsp3) is 0.909. The van der Waals surface area contributed by atoms with Gasteiger partial charge in [0.1, 0.15) is 5.25 Å². The molecule has 0 saturated carbocycles. The van der Waals surface area contributed by atoms with Crippen molar-refractivity contribution in [3.8, 4) is 0 Å². The summed E-state index contributed by atoms with van der Waals surface area (Å²) >= 11 is 0. The first-order chi connectivity index (χ1) is 8.02. The SMILES string of the molecule is CN(C(=O)C1CCCCS1(=O)=O)C1CCNC1. The first-order valence-corrected chi connectivity index (χ1v) is 7.93. The van der Waals surface area contributed by atoms with E-state index in [0.717, 1.165) is 25.9 Å². The molecule has 98 valence electrons. The topological polar surface area (TPSA) is 66.5 Å². The number of amides is 1. The normalized spacial score (nSPS) is 32.3. The third-order valence-electron chi connectivity index (χ3n) is 3.78. The number of carbonyl (C=O) groups excluding carboxylic acids is 1.